The summed E-state index contributed by atoms with van der Waals surface area (Å²) in [4.78, 5) is 78.5. The number of carbonyl (C=O) groups is 5. The molecule has 14 nitrogen and oxygen atoms in total. The van der Waals surface area contributed by atoms with Gasteiger partial charge in [-0.3, -0.25) is 29.0 Å². The lowest BCUT2D eigenvalue weighted by Gasteiger charge is -2.38. The highest BCUT2D eigenvalue weighted by molar-refractivity contribution is 7.87. The van der Waals surface area contributed by atoms with Crippen LogP contribution in [0.3, 0.4) is 0 Å². The van der Waals surface area contributed by atoms with Gasteiger partial charge in [-0.1, -0.05) is 84.6 Å². The number of carbonyl (C=O) groups excluding carboxylic acids is 5. The maximum absolute atomic E-state index is 15.3. The second-order valence-corrected chi connectivity index (χ2v) is 22.1. The molecule has 6 atom stereocenters. The van der Waals surface area contributed by atoms with Gasteiger partial charge < -0.3 is 20.9 Å². The minimum atomic E-state index is -4.12. The van der Waals surface area contributed by atoms with E-state index in [4.69, 9.17) is 0 Å². The van der Waals surface area contributed by atoms with Crippen molar-refractivity contribution in [3.05, 3.63) is 54.7 Å². The molecule has 330 valence electrons. The Morgan fingerprint density at radius 2 is 1.61 bits per heavy atom. The molecule has 4 saturated carbocycles. The average Bonchev–Trinajstić information content (AvgIpc) is 3.67. The number of hydrogen-bond acceptors (Lipinski definition) is 8. The van der Waals surface area contributed by atoms with Crippen molar-refractivity contribution in [2.75, 3.05) is 19.6 Å². The van der Waals surface area contributed by atoms with Gasteiger partial charge in [0, 0.05) is 42.6 Å². The first-order valence-corrected chi connectivity index (χ1v) is 23.8. The van der Waals surface area contributed by atoms with E-state index in [1.165, 1.54) is 10.5 Å². The van der Waals surface area contributed by atoms with Crippen molar-refractivity contribution in [2.24, 2.45) is 33.5 Å². The number of nitrogens with zero attached hydrogens (tertiary/aromatic N) is 3. The van der Waals surface area contributed by atoms with Crippen LogP contribution in [-0.4, -0.2) is 95.4 Å². The summed E-state index contributed by atoms with van der Waals surface area (Å²) in [5.74, 6) is -3.29. The van der Waals surface area contributed by atoms with Crippen LogP contribution in [0.2, 0.25) is 0 Å². The van der Waals surface area contributed by atoms with Crippen LogP contribution in [0, 0.1) is 33.5 Å². The maximum Gasteiger partial charge on any atom is 0.303 e. The summed E-state index contributed by atoms with van der Waals surface area (Å²) in [5.41, 5.74) is -1.82. The zero-order valence-corrected chi connectivity index (χ0v) is 37.2. The van der Waals surface area contributed by atoms with Gasteiger partial charge in [-0.15, -0.1) is 6.58 Å². The molecule has 1 unspecified atom stereocenters. The van der Waals surface area contributed by atoms with E-state index in [9.17, 15) is 27.6 Å². The number of para-hydroxylation sites is 1. The molecular formula is C46H63N7O7S. The van der Waals surface area contributed by atoms with Crippen molar-refractivity contribution < 1.29 is 32.4 Å². The van der Waals surface area contributed by atoms with Gasteiger partial charge in [0.25, 0.3) is 11.8 Å². The van der Waals surface area contributed by atoms with Gasteiger partial charge in [-0.25, -0.2) is 4.72 Å². The quantitative estimate of drug-likeness (QED) is 0.220. The van der Waals surface area contributed by atoms with E-state index in [0.29, 0.717) is 44.5 Å². The molecule has 0 radical (unpaired) electrons. The van der Waals surface area contributed by atoms with Gasteiger partial charge in [-0.05, 0) is 85.7 Å². The molecule has 5 amide bonds. The largest absolute Gasteiger partial charge is 0.342 e. The Labute approximate surface area is 360 Å². The lowest BCUT2D eigenvalue weighted by atomic mass is 9.73. The Morgan fingerprint density at radius 3 is 2.21 bits per heavy atom. The highest BCUT2D eigenvalue weighted by atomic mass is 32.2. The third kappa shape index (κ3) is 7.24. The molecule has 6 fully saturated rings. The van der Waals surface area contributed by atoms with Crippen LogP contribution in [0.25, 0.3) is 10.9 Å². The molecule has 2 aromatic rings. The number of hydrogen-bond donors (Lipinski definition) is 4. The van der Waals surface area contributed by atoms with Gasteiger partial charge in [0.05, 0.1) is 11.1 Å². The molecule has 2 saturated heterocycles. The van der Waals surface area contributed by atoms with E-state index in [2.05, 4.69) is 46.1 Å². The summed E-state index contributed by atoms with van der Waals surface area (Å²) in [6.07, 6.45) is 12.4. The van der Waals surface area contributed by atoms with Crippen LogP contribution in [0.1, 0.15) is 122 Å². The third-order valence-corrected chi connectivity index (χ3v) is 17.5. The summed E-state index contributed by atoms with van der Waals surface area (Å²) in [7, 11) is -4.12. The van der Waals surface area contributed by atoms with Crippen molar-refractivity contribution in [3.63, 3.8) is 0 Å². The molecule has 4 N–H and O–H groups in total. The number of benzene rings is 1. The molecule has 2 spiro atoms. The van der Waals surface area contributed by atoms with E-state index in [-0.39, 0.29) is 28.6 Å². The SMILES string of the molecule is C=C[C@@H]1C[C@]1(NC(=O)[C@@H]1C[C@@]2(CN1C(=O)[C@@H](NC(=O)C(NC(=O)c1cnc3ccccc3c1)C1CCCCC1)C(C)(C)C)C(C)(C)C21CCC1)C(=O)NS(=O)(=O)N1CCCC1. The fraction of sp³-hybridized carbons (Fsp3) is 0.652. The first-order chi connectivity index (χ1) is 28.8. The standard InChI is InChI=1S/C46H63N7O7S/c1-7-32-25-46(32,41(58)51-61(59,60)52-22-13-14-23-52)50-38(55)34-26-45(43(5,6)44(45)20-15-21-44)28-53(34)40(57)36(42(2,3)4)49-39(56)35(29-16-9-8-10-17-29)48-37(54)31-24-30-18-11-12-19-33(30)47-27-31/h7,11-12,18-19,24,27,29,32,34-36H,1,8-10,13-17,20-23,25-26,28H2,2-6H3,(H,48,54)(H,49,56)(H,50,55)(H,51,58)/t32-,34+,35?,36-,45-,46-/m1/s1. The van der Waals surface area contributed by atoms with Crippen molar-refractivity contribution in [1.29, 1.82) is 0 Å². The zero-order chi connectivity index (χ0) is 43.8. The Balaban J connectivity index is 1.06. The summed E-state index contributed by atoms with van der Waals surface area (Å²) < 4.78 is 29.9. The third-order valence-electron chi connectivity index (χ3n) is 16.0. The number of nitrogens with one attached hydrogen (secondary N) is 4. The molecule has 15 heteroatoms. The number of amides is 5. The summed E-state index contributed by atoms with van der Waals surface area (Å²) in [6, 6.07) is 6.31. The predicted molar refractivity (Wildman–Crippen MR) is 231 cm³/mol. The second-order valence-electron chi connectivity index (χ2n) is 20.5. The first kappa shape index (κ1) is 43.3. The summed E-state index contributed by atoms with van der Waals surface area (Å²) in [5, 5.41) is 9.89. The monoisotopic (exact) mass is 857 g/mol. The van der Waals surface area contributed by atoms with Gasteiger partial charge in [0.15, 0.2) is 0 Å². The van der Waals surface area contributed by atoms with Gasteiger partial charge in [-0.2, -0.15) is 12.7 Å². The zero-order valence-electron chi connectivity index (χ0n) is 36.3. The topological polar surface area (TPSA) is 187 Å². The Kier molecular flexibility index (Phi) is 11.0. The van der Waals surface area contributed by atoms with Crippen LogP contribution < -0.4 is 20.7 Å². The summed E-state index contributed by atoms with van der Waals surface area (Å²) >= 11 is 0. The highest BCUT2D eigenvalue weighted by Gasteiger charge is 2.85. The molecule has 0 bridgehead atoms. The van der Waals surface area contributed by atoms with Crippen LogP contribution in [0.15, 0.2) is 49.2 Å². The lowest BCUT2D eigenvalue weighted by Crippen LogP contribution is -2.62. The maximum atomic E-state index is 15.3. The van der Waals surface area contributed by atoms with E-state index in [1.807, 2.05) is 45.0 Å². The van der Waals surface area contributed by atoms with E-state index in [0.717, 1.165) is 62.3 Å². The number of rotatable bonds is 12. The molecule has 4 aliphatic carbocycles. The average molecular weight is 858 g/mol. The van der Waals surface area contributed by atoms with Crippen molar-refractivity contribution in [2.45, 2.75) is 135 Å². The summed E-state index contributed by atoms with van der Waals surface area (Å²) in [6.45, 7) is 14.8. The van der Waals surface area contributed by atoms with Crippen LogP contribution in [0.4, 0.5) is 0 Å². The molecule has 61 heavy (non-hydrogen) atoms. The van der Waals surface area contributed by atoms with E-state index in [1.54, 1.807) is 17.0 Å². The van der Waals surface area contributed by atoms with E-state index < -0.39 is 74.7 Å². The van der Waals surface area contributed by atoms with Crippen molar-refractivity contribution in [1.82, 2.24) is 34.9 Å². The second kappa shape index (κ2) is 15.5. The highest BCUT2D eigenvalue weighted by Crippen LogP contribution is 2.88. The molecule has 2 aliphatic heterocycles. The van der Waals surface area contributed by atoms with Gasteiger partial charge in [0.2, 0.25) is 17.7 Å². The normalized spacial score (nSPS) is 29.0. The van der Waals surface area contributed by atoms with E-state index >= 15 is 4.79 Å². The first-order valence-electron chi connectivity index (χ1n) is 22.3. The van der Waals surface area contributed by atoms with Gasteiger partial charge in [0.1, 0.15) is 23.7 Å². The number of fused-ring (bicyclic) bond motifs is 2. The fourth-order valence-corrected chi connectivity index (χ4v) is 13.2. The number of pyridine rings is 1. The van der Waals surface area contributed by atoms with Gasteiger partial charge >= 0.3 is 10.2 Å². The Bertz CT molecular complexity index is 2240. The molecular weight excluding hydrogens is 795 g/mol. The Morgan fingerprint density at radius 1 is 0.918 bits per heavy atom. The predicted octanol–water partition coefficient (Wildman–Crippen LogP) is 4.76. The minimum Gasteiger partial charge on any atom is -0.342 e. The van der Waals surface area contributed by atoms with Crippen LogP contribution in [0.5, 0.6) is 0 Å². The minimum absolute atomic E-state index is 0.0376. The molecule has 8 rings (SSSR count). The molecule has 3 heterocycles. The molecule has 6 aliphatic rings. The lowest BCUT2D eigenvalue weighted by molar-refractivity contribution is -0.145. The number of likely N-dealkylation sites (tertiary alicyclic amines) is 1. The Hall–Kier alpha value is -4.37. The fourth-order valence-electron chi connectivity index (χ4n) is 11.9. The molecule has 1 aromatic heterocycles. The molecule has 1 aromatic carbocycles. The van der Waals surface area contributed by atoms with Crippen molar-refractivity contribution >= 4 is 50.6 Å². The number of aromatic nitrogens is 1. The van der Waals surface area contributed by atoms with Crippen LogP contribution in [-0.2, 0) is 29.4 Å². The smallest absolute Gasteiger partial charge is 0.303 e. The van der Waals surface area contributed by atoms with Crippen molar-refractivity contribution in [3.8, 4) is 0 Å². The van der Waals surface area contributed by atoms with Crippen LogP contribution >= 0.6 is 0 Å².